The molecule has 11 nitrogen and oxygen atoms in total. The van der Waals surface area contributed by atoms with E-state index in [9.17, 15) is 18.3 Å². The van der Waals surface area contributed by atoms with Crippen molar-refractivity contribution in [1.29, 1.82) is 0 Å². The molecule has 0 amide bonds. The normalized spacial score (nSPS) is 17.4. The highest BCUT2D eigenvalue weighted by Gasteiger charge is 2.45. The van der Waals surface area contributed by atoms with E-state index in [1.807, 2.05) is 6.07 Å². The van der Waals surface area contributed by atoms with Gasteiger partial charge in [0.05, 0.1) is 6.20 Å². The van der Waals surface area contributed by atoms with Crippen molar-refractivity contribution in [3.05, 3.63) is 30.6 Å². The van der Waals surface area contributed by atoms with E-state index < -0.39 is 12.1 Å². The molecule has 1 aromatic carbocycles. The molecule has 3 aromatic rings. The van der Waals surface area contributed by atoms with Gasteiger partial charge in [0.1, 0.15) is 17.1 Å². The molecule has 1 spiro atoms. The zero-order valence-corrected chi connectivity index (χ0v) is 18.7. The first-order chi connectivity index (χ1) is 16.6. The number of nitrogens with zero attached hydrogens (tertiary/aromatic N) is 7. The SMILES string of the molecule is CN1CCC2(CC1)CN(c1ncc(-c3ccc(-c4c[nH]nn4)cc3O)nn1)C2.O=C(O)C(F)(F)F. The Morgan fingerprint density at radius 1 is 1.11 bits per heavy atom. The third kappa shape index (κ3) is 5.48. The van der Waals surface area contributed by atoms with Gasteiger partial charge in [0.15, 0.2) is 0 Å². The van der Waals surface area contributed by atoms with Gasteiger partial charge in [-0.25, -0.2) is 9.78 Å². The highest BCUT2D eigenvalue weighted by atomic mass is 19.4. The van der Waals surface area contributed by atoms with E-state index in [0.717, 1.165) is 31.7 Å². The van der Waals surface area contributed by atoms with Gasteiger partial charge in [-0.05, 0) is 45.1 Å². The number of benzene rings is 1. The molecule has 0 unspecified atom stereocenters. The lowest BCUT2D eigenvalue weighted by Crippen LogP contribution is -2.60. The van der Waals surface area contributed by atoms with Crippen LogP contribution in [-0.4, -0.2) is 91.1 Å². The second-order valence-corrected chi connectivity index (χ2v) is 8.70. The molecule has 0 radical (unpaired) electrons. The lowest BCUT2D eigenvalue weighted by molar-refractivity contribution is -0.192. The fourth-order valence-electron chi connectivity index (χ4n) is 4.10. The molecule has 0 saturated carbocycles. The van der Waals surface area contributed by atoms with Crippen LogP contribution in [0.1, 0.15) is 12.8 Å². The molecule has 4 heterocycles. The van der Waals surface area contributed by atoms with E-state index in [1.54, 1.807) is 24.5 Å². The number of nitrogens with one attached hydrogen (secondary N) is 1. The molecule has 3 N–H and O–H groups in total. The molecule has 0 atom stereocenters. The zero-order chi connectivity index (χ0) is 25.2. The number of likely N-dealkylation sites (tertiary alicyclic amines) is 1. The summed E-state index contributed by atoms with van der Waals surface area (Å²) in [5.41, 5.74) is 3.00. The van der Waals surface area contributed by atoms with E-state index in [1.165, 1.54) is 12.8 Å². The number of piperidine rings is 1. The number of carboxylic acids is 1. The van der Waals surface area contributed by atoms with Crippen molar-refractivity contribution in [3.8, 4) is 28.3 Å². The van der Waals surface area contributed by atoms with Crippen LogP contribution in [0.3, 0.4) is 0 Å². The first-order valence-electron chi connectivity index (χ1n) is 10.7. The van der Waals surface area contributed by atoms with Crippen LogP contribution in [-0.2, 0) is 4.79 Å². The smallest absolute Gasteiger partial charge is 0.490 e. The largest absolute Gasteiger partial charge is 0.507 e. The number of aromatic hydroxyl groups is 1. The molecule has 0 aliphatic carbocycles. The molecule has 0 bridgehead atoms. The Hall–Kier alpha value is -3.81. The number of aromatic amines is 1. The van der Waals surface area contributed by atoms with E-state index in [0.29, 0.717) is 28.3 Å². The maximum atomic E-state index is 10.6. The average Bonchev–Trinajstić information content (AvgIpc) is 3.33. The number of alkyl halides is 3. The predicted octanol–water partition coefficient (Wildman–Crippen LogP) is 2.19. The topological polar surface area (TPSA) is 144 Å². The Balaban J connectivity index is 0.000000364. The molecule has 14 heteroatoms. The predicted molar refractivity (Wildman–Crippen MR) is 117 cm³/mol. The molecule has 2 fully saturated rings. The van der Waals surface area contributed by atoms with Crippen LogP contribution in [0, 0.1) is 5.41 Å². The minimum Gasteiger partial charge on any atom is -0.507 e. The first-order valence-corrected chi connectivity index (χ1v) is 10.7. The molecule has 2 aliphatic heterocycles. The molecular formula is C21H23F3N8O3. The quantitative estimate of drug-likeness (QED) is 0.498. The average molecular weight is 492 g/mol. The van der Waals surface area contributed by atoms with Crippen molar-refractivity contribution in [2.45, 2.75) is 19.0 Å². The summed E-state index contributed by atoms with van der Waals surface area (Å²) in [6.45, 7) is 4.32. The van der Waals surface area contributed by atoms with E-state index in [-0.39, 0.29) is 5.75 Å². The minimum absolute atomic E-state index is 0.110. The molecule has 186 valence electrons. The third-order valence-corrected chi connectivity index (χ3v) is 6.16. The Bertz CT molecular complexity index is 1160. The summed E-state index contributed by atoms with van der Waals surface area (Å²) in [4.78, 5) is 18.0. The van der Waals surface area contributed by atoms with Gasteiger partial charge >= 0.3 is 12.1 Å². The number of rotatable bonds is 3. The molecule has 2 aromatic heterocycles. The number of aliphatic carboxylic acids is 1. The third-order valence-electron chi connectivity index (χ3n) is 6.16. The first kappa shape index (κ1) is 24.3. The highest BCUT2D eigenvalue weighted by molar-refractivity contribution is 5.73. The number of phenolic OH excluding ortho intramolecular Hbond substituents is 1. The number of halogens is 3. The number of aromatic nitrogens is 6. The van der Waals surface area contributed by atoms with Gasteiger partial charge in [-0.15, -0.1) is 15.3 Å². The number of hydrogen-bond acceptors (Lipinski definition) is 9. The Labute approximate surface area is 197 Å². The Morgan fingerprint density at radius 2 is 1.80 bits per heavy atom. The van der Waals surface area contributed by atoms with Crippen molar-refractivity contribution < 1.29 is 28.2 Å². The van der Waals surface area contributed by atoms with Crippen molar-refractivity contribution in [2.75, 3.05) is 38.1 Å². The molecule has 35 heavy (non-hydrogen) atoms. The Morgan fingerprint density at radius 3 is 2.31 bits per heavy atom. The van der Waals surface area contributed by atoms with Gasteiger partial charge < -0.3 is 20.0 Å². The van der Waals surface area contributed by atoms with E-state index >= 15 is 0 Å². The van der Waals surface area contributed by atoms with Crippen molar-refractivity contribution in [2.24, 2.45) is 5.41 Å². The molecule has 5 rings (SSSR count). The number of carbonyl (C=O) groups is 1. The number of carboxylic acid groups (broad SMARTS) is 1. The van der Waals surface area contributed by atoms with Crippen molar-refractivity contribution >= 4 is 11.9 Å². The van der Waals surface area contributed by atoms with Crippen LogP contribution in [0.15, 0.2) is 30.6 Å². The number of anilines is 1. The summed E-state index contributed by atoms with van der Waals surface area (Å²) in [6, 6.07) is 5.30. The lowest BCUT2D eigenvalue weighted by Gasteiger charge is -2.53. The van der Waals surface area contributed by atoms with Crippen LogP contribution in [0.25, 0.3) is 22.5 Å². The summed E-state index contributed by atoms with van der Waals surface area (Å²) in [7, 11) is 2.18. The maximum absolute atomic E-state index is 10.6. The minimum atomic E-state index is -5.08. The number of hydrogen-bond donors (Lipinski definition) is 3. The Kier molecular flexibility index (Phi) is 6.56. The number of phenols is 1. The fourth-order valence-corrected chi connectivity index (χ4v) is 4.10. The maximum Gasteiger partial charge on any atom is 0.490 e. The summed E-state index contributed by atoms with van der Waals surface area (Å²) < 4.78 is 31.7. The molecule has 2 aliphatic rings. The van der Waals surface area contributed by atoms with Crippen LogP contribution in [0.2, 0.25) is 0 Å². The van der Waals surface area contributed by atoms with Crippen molar-refractivity contribution in [1.82, 2.24) is 35.5 Å². The van der Waals surface area contributed by atoms with Crippen LogP contribution < -0.4 is 4.90 Å². The molecular weight excluding hydrogens is 469 g/mol. The second-order valence-electron chi connectivity index (χ2n) is 8.70. The van der Waals surface area contributed by atoms with Gasteiger partial charge in [0.25, 0.3) is 0 Å². The highest BCUT2D eigenvalue weighted by Crippen LogP contribution is 2.41. The number of H-pyrrole nitrogens is 1. The van der Waals surface area contributed by atoms with Crippen LogP contribution in [0.5, 0.6) is 5.75 Å². The standard InChI is InChI=1S/C19H22N8O.C2HF3O2/c1-26-6-4-19(5-7-26)11-27(12-19)18-20-9-16(22-24-18)14-3-2-13(8-17(14)28)15-10-21-25-23-15;3-2(4,5)1(6)7/h2-3,8-10,28H,4-7,11-12H2,1H3,(H,21,23,25);(H,6,7). The van der Waals surface area contributed by atoms with Gasteiger partial charge in [-0.1, -0.05) is 11.3 Å². The monoisotopic (exact) mass is 492 g/mol. The summed E-state index contributed by atoms with van der Waals surface area (Å²) >= 11 is 0. The van der Waals surface area contributed by atoms with Gasteiger partial charge in [-0.2, -0.15) is 13.2 Å². The van der Waals surface area contributed by atoms with Crippen LogP contribution in [0.4, 0.5) is 19.1 Å². The van der Waals surface area contributed by atoms with Gasteiger partial charge in [0.2, 0.25) is 5.95 Å². The van der Waals surface area contributed by atoms with E-state index in [2.05, 4.69) is 47.4 Å². The summed E-state index contributed by atoms with van der Waals surface area (Å²) in [5.74, 6) is -1.99. The summed E-state index contributed by atoms with van der Waals surface area (Å²) in [6.07, 6.45) is 0.732. The fraction of sp³-hybridized carbons (Fsp3) is 0.429. The van der Waals surface area contributed by atoms with Crippen LogP contribution >= 0.6 is 0 Å². The zero-order valence-electron chi connectivity index (χ0n) is 18.7. The second kappa shape index (κ2) is 9.44. The lowest BCUT2D eigenvalue weighted by atomic mass is 9.72. The van der Waals surface area contributed by atoms with E-state index in [4.69, 9.17) is 9.90 Å². The van der Waals surface area contributed by atoms with Gasteiger partial charge in [-0.3, -0.25) is 5.10 Å². The van der Waals surface area contributed by atoms with Crippen molar-refractivity contribution in [3.63, 3.8) is 0 Å². The van der Waals surface area contributed by atoms with Gasteiger partial charge in [0, 0.05) is 35.8 Å². The molecule has 2 saturated heterocycles. The summed E-state index contributed by atoms with van der Waals surface area (Å²) in [5, 5.41) is 36.4.